The van der Waals surface area contributed by atoms with Gasteiger partial charge in [0.05, 0.1) is 18.1 Å². The smallest absolute Gasteiger partial charge is 0.342 e. The molecule has 4 rings (SSSR count). The Balaban J connectivity index is 1.56. The Morgan fingerprint density at radius 3 is 2.43 bits per heavy atom. The topological polar surface area (TPSA) is 115 Å². The molecule has 0 bridgehead atoms. The summed E-state index contributed by atoms with van der Waals surface area (Å²) in [7, 11) is -3.68. The fraction of sp³-hybridized carbons (Fsp3) is 0.280. The van der Waals surface area contributed by atoms with Gasteiger partial charge in [-0.2, -0.15) is 4.31 Å². The number of nitrogens with zero attached hydrogens (tertiary/aromatic N) is 2. The van der Waals surface area contributed by atoms with Gasteiger partial charge in [-0.15, -0.1) is 0 Å². The van der Waals surface area contributed by atoms with Gasteiger partial charge in [-0.05, 0) is 50.2 Å². The molecule has 0 radical (unpaired) electrons. The molecule has 0 unspecified atom stereocenters. The first-order valence-corrected chi connectivity index (χ1v) is 12.5. The Morgan fingerprint density at radius 2 is 1.71 bits per heavy atom. The molecule has 0 spiro atoms. The van der Waals surface area contributed by atoms with Gasteiger partial charge in [0.2, 0.25) is 15.8 Å². The van der Waals surface area contributed by atoms with Crippen LogP contribution in [0.3, 0.4) is 0 Å². The van der Waals surface area contributed by atoms with Crippen LogP contribution in [0.5, 0.6) is 5.75 Å². The minimum Gasteiger partial charge on any atom is -0.507 e. The number of para-hydroxylation sites is 1. The molecule has 9 nitrogen and oxygen atoms in total. The summed E-state index contributed by atoms with van der Waals surface area (Å²) in [4.78, 5) is 25.2. The summed E-state index contributed by atoms with van der Waals surface area (Å²) in [6.07, 6.45) is 0. The highest BCUT2D eigenvalue weighted by Crippen LogP contribution is 2.25. The van der Waals surface area contributed by atoms with Crippen LogP contribution in [0, 0.1) is 13.8 Å². The molecule has 1 saturated heterocycles. The van der Waals surface area contributed by atoms with Crippen LogP contribution in [0.15, 0.2) is 59.5 Å². The van der Waals surface area contributed by atoms with Crippen molar-refractivity contribution in [2.24, 2.45) is 0 Å². The van der Waals surface area contributed by atoms with E-state index in [1.54, 1.807) is 60.9 Å². The molecule has 184 valence electrons. The Kier molecular flexibility index (Phi) is 7.06. The molecule has 2 aromatic carbocycles. The van der Waals surface area contributed by atoms with Crippen LogP contribution in [0.25, 0.3) is 5.69 Å². The minimum absolute atomic E-state index is 0.0240. The molecule has 1 aliphatic heterocycles. The fourth-order valence-corrected chi connectivity index (χ4v) is 5.54. The Morgan fingerprint density at radius 1 is 1.00 bits per heavy atom. The largest absolute Gasteiger partial charge is 0.507 e. The number of ether oxygens (including phenoxy) is 2. The maximum atomic E-state index is 13.1. The molecule has 3 aromatic rings. The van der Waals surface area contributed by atoms with Crippen molar-refractivity contribution in [3.05, 3.63) is 77.1 Å². The number of morpholine rings is 1. The lowest BCUT2D eigenvalue weighted by molar-refractivity contribution is 0.0471. The fourth-order valence-electron chi connectivity index (χ4n) is 4.09. The van der Waals surface area contributed by atoms with Gasteiger partial charge in [-0.1, -0.05) is 18.2 Å². The maximum absolute atomic E-state index is 13.1. The predicted octanol–water partition coefficient (Wildman–Crippen LogP) is 2.86. The Bertz CT molecular complexity index is 1370. The minimum atomic E-state index is -3.68. The second kappa shape index (κ2) is 10.0. The molecular weight excluding hydrogens is 472 g/mol. The van der Waals surface area contributed by atoms with Crippen LogP contribution in [-0.2, 0) is 19.5 Å². The average Bonchev–Trinajstić information content (AvgIpc) is 3.17. The quantitative estimate of drug-likeness (QED) is 0.393. The van der Waals surface area contributed by atoms with Crippen LogP contribution >= 0.6 is 0 Å². The van der Waals surface area contributed by atoms with Gasteiger partial charge in [0.1, 0.15) is 11.3 Å². The number of aryl methyl sites for hydroxylation is 1. The number of carbonyl (C=O) groups excluding carboxylic acids is 2. The van der Waals surface area contributed by atoms with Crippen molar-refractivity contribution >= 4 is 21.8 Å². The van der Waals surface area contributed by atoms with Crippen molar-refractivity contribution in [3.63, 3.8) is 0 Å². The van der Waals surface area contributed by atoms with Crippen molar-refractivity contribution in [2.45, 2.75) is 18.7 Å². The van der Waals surface area contributed by atoms with Gasteiger partial charge in [-0.25, -0.2) is 13.2 Å². The van der Waals surface area contributed by atoms with E-state index in [9.17, 15) is 23.1 Å². The van der Waals surface area contributed by atoms with E-state index in [1.807, 2.05) is 0 Å². The molecule has 1 aliphatic rings. The molecule has 0 aliphatic carbocycles. The maximum Gasteiger partial charge on any atom is 0.342 e. The average molecular weight is 499 g/mol. The van der Waals surface area contributed by atoms with Crippen molar-refractivity contribution in [3.8, 4) is 11.4 Å². The lowest BCUT2D eigenvalue weighted by Crippen LogP contribution is -2.40. The van der Waals surface area contributed by atoms with Gasteiger partial charge >= 0.3 is 5.97 Å². The van der Waals surface area contributed by atoms with E-state index in [0.29, 0.717) is 43.2 Å². The molecule has 35 heavy (non-hydrogen) atoms. The number of phenolic OH excluding ortho intramolecular Hbond substituents is 1. The number of ketones is 1. The number of Topliss-reactive ketones (excluding diaryl/α,β-unsaturated/α-hetero) is 1. The van der Waals surface area contributed by atoms with E-state index in [-0.39, 0.29) is 16.2 Å². The first-order valence-electron chi connectivity index (χ1n) is 11.1. The van der Waals surface area contributed by atoms with Crippen LogP contribution in [0.1, 0.15) is 32.1 Å². The second-order valence-corrected chi connectivity index (χ2v) is 10.1. The van der Waals surface area contributed by atoms with Crippen molar-refractivity contribution in [1.29, 1.82) is 0 Å². The normalized spacial score (nSPS) is 14.6. The number of sulfonamides is 1. The lowest BCUT2D eigenvalue weighted by Gasteiger charge is -2.26. The van der Waals surface area contributed by atoms with Crippen molar-refractivity contribution < 1.29 is 32.6 Å². The third kappa shape index (κ3) is 5.00. The molecule has 1 N–H and O–H groups in total. The second-order valence-electron chi connectivity index (χ2n) is 8.15. The first-order chi connectivity index (χ1) is 16.7. The summed E-state index contributed by atoms with van der Waals surface area (Å²) in [5.41, 5.74) is 2.24. The van der Waals surface area contributed by atoms with E-state index in [2.05, 4.69) is 0 Å². The first kappa shape index (κ1) is 24.6. The Hall–Kier alpha value is -3.47. The summed E-state index contributed by atoms with van der Waals surface area (Å²) < 4.78 is 39.7. The lowest BCUT2D eigenvalue weighted by atomic mass is 10.1. The van der Waals surface area contributed by atoms with Gasteiger partial charge in [0, 0.05) is 35.7 Å². The highest BCUT2D eigenvalue weighted by Gasteiger charge is 2.27. The number of carbonyl (C=O) groups is 2. The van der Waals surface area contributed by atoms with E-state index < -0.39 is 28.4 Å². The molecule has 1 fully saturated rings. The monoisotopic (exact) mass is 498 g/mol. The van der Waals surface area contributed by atoms with Crippen LogP contribution in [-0.4, -0.2) is 67.1 Å². The summed E-state index contributed by atoms with van der Waals surface area (Å²) in [6, 6.07) is 14.2. The zero-order valence-corrected chi connectivity index (χ0v) is 20.2. The summed E-state index contributed by atoms with van der Waals surface area (Å²) >= 11 is 0. The number of rotatable bonds is 7. The molecular formula is C25H26N2O7S. The highest BCUT2D eigenvalue weighted by atomic mass is 32.2. The van der Waals surface area contributed by atoms with Crippen molar-refractivity contribution in [2.75, 3.05) is 32.9 Å². The molecule has 10 heteroatoms. The zero-order chi connectivity index (χ0) is 25.2. The van der Waals surface area contributed by atoms with E-state index in [1.165, 1.54) is 16.4 Å². The van der Waals surface area contributed by atoms with Gasteiger partial charge in [0.25, 0.3) is 0 Å². The van der Waals surface area contributed by atoms with Crippen LogP contribution in [0.4, 0.5) is 0 Å². The third-order valence-electron chi connectivity index (χ3n) is 5.87. The SMILES string of the molecule is Cc1cc(C(=O)COC(=O)c2ccccc2O)c(C)n1-c1cccc(S(=O)(=O)N2CCOCC2)c1. The standard InChI is InChI=1S/C25H26N2O7S/c1-17-14-22(24(29)16-34-25(30)21-8-3-4-9-23(21)28)18(2)27(17)19-6-5-7-20(15-19)35(31,32)26-10-12-33-13-11-26/h3-9,14-15,28H,10-13,16H2,1-2H3. The number of aromatic hydroxyl groups is 1. The third-order valence-corrected chi connectivity index (χ3v) is 7.77. The predicted molar refractivity (Wildman–Crippen MR) is 128 cm³/mol. The van der Waals surface area contributed by atoms with Crippen LogP contribution < -0.4 is 0 Å². The summed E-state index contributed by atoms with van der Waals surface area (Å²) in [6.45, 7) is 4.36. The number of benzene rings is 2. The number of aromatic nitrogens is 1. The van der Waals surface area contributed by atoms with Gasteiger partial charge in [0.15, 0.2) is 6.61 Å². The summed E-state index contributed by atoms with van der Waals surface area (Å²) in [5.74, 6) is -1.44. The zero-order valence-electron chi connectivity index (χ0n) is 19.4. The molecule has 0 atom stereocenters. The molecule has 0 amide bonds. The molecule has 2 heterocycles. The number of phenols is 1. The van der Waals surface area contributed by atoms with Gasteiger partial charge < -0.3 is 19.1 Å². The van der Waals surface area contributed by atoms with Crippen LogP contribution in [0.2, 0.25) is 0 Å². The number of hydrogen-bond donors (Lipinski definition) is 1. The summed E-state index contributed by atoms with van der Waals surface area (Å²) in [5, 5.41) is 9.79. The van der Waals surface area contributed by atoms with Crippen molar-refractivity contribution in [1.82, 2.24) is 8.87 Å². The van der Waals surface area contributed by atoms with Gasteiger partial charge in [-0.3, -0.25) is 4.79 Å². The number of hydrogen-bond acceptors (Lipinski definition) is 7. The number of esters is 1. The molecule has 1 aromatic heterocycles. The van der Waals surface area contributed by atoms with E-state index in [0.717, 1.165) is 5.69 Å². The van der Waals surface area contributed by atoms with E-state index >= 15 is 0 Å². The highest BCUT2D eigenvalue weighted by molar-refractivity contribution is 7.89. The Labute approximate surface area is 203 Å². The van der Waals surface area contributed by atoms with E-state index in [4.69, 9.17) is 9.47 Å². The molecule has 0 saturated carbocycles.